The van der Waals surface area contributed by atoms with Gasteiger partial charge in [-0.25, -0.2) is 0 Å². The quantitative estimate of drug-likeness (QED) is 0.164. The Morgan fingerprint density at radius 2 is 1.14 bits per heavy atom. The van der Waals surface area contributed by atoms with Crippen LogP contribution in [0.3, 0.4) is 0 Å². The van der Waals surface area contributed by atoms with E-state index in [-0.39, 0.29) is 23.0 Å². The van der Waals surface area contributed by atoms with Crippen molar-refractivity contribution in [2.75, 3.05) is 9.80 Å². The highest BCUT2D eigenvalue weighted by molar-refractivity contribution is 5.82. The zero-order valence-corrected chi connectivity index (χ0v) is 31.4. The number of aryl methyl sites for hydroxylation is 3. The third-order valence-corrected chi connectivity index (χ3v) is 11.4. The van der Waals surface area contributed by atoms with Crippen molar-refractivity contribution in [2.45, 2.75) is 91.8 Å². The largest absolute Gasteiger partial charge is 0.356 e. The summed E-state index contributed by atoms with van der Waals surface area (Å²) in [5.74, 6) is 0. The normalized spacial score (nSPS) is 16.7. The van der Waals surface area contributed by atoms with Crippen LogP contribution >= 0.6 is 0 Å². The topological polar surface area (TPSA) is 6.48 Å². The predicted molar refractivity (Wildman–Crippen MR) is 215 cm³/mol. The van der Waals surface area contributed by atoms with Crippen molar-refractivity contribution in [3.05, 3.63) is 172 Å². The molecule has 0 aromatic heterocycles. The Kier molecular flexibility index (Phi) is 8.63. The summed E-state index contributed by atoms with van der Waals surface area (Å²) in [6, 6.07) is 41.9. The fourth-order valence-electron chi connectivity index (χ4n) is 8.23. The molecule has 0 saturated heterocycles. The van der Waals surface area contributed by atoms with Gasteiger partial charge in [0.05, 0.1) is 17.6 Å². The Hall–Kier alpha value is -4.82. The first-order valence-electron chi connectivity index (χ1n) is 18.3. The summed E-state index contributed by atoms with van der Waals surface area (Å²) in [6.45, 7) is 20.6. The Balaban J connectivity index is 1.26. The monoisotopic (exact) mass is 656 g/mol. The second-order valence-corrected chi connectivity index (χ2v) is 15.8. The number of allylic oxidation sites excluding steroid dienone is 2. The molecule has 0 amide bonds. The minimum Gasteiger partial charge on any atom is -0.356 e. The van der Waals surface area contributed by atoms with Gasteiger partial charge in [-0.15, -0.1) is 0 Å². The van der Waals surface area contributed by atoms with E-state index in [1.54, 1.807) is 0 Å². The molecule has 0 fully saturated rings. The lowest BCUT2D eigenvalue weighted by molar-refractivity contribution is 0.447. The van der Waals surface area contributed by atoms with Gasteiger partial charge in [0.2, 0.25) is 0 Å². The molecule has 0 bridgehead atoms. The van der Waals surface area contributed by atoms with Crippen molar-refractivity contribution >= 4 is 17.1 Å². The number of hydrogen-bond donors (Lipinski definition) is 0. The summed E-state index contributed by atoms with van der Waals surface area (Å²) in [5.41, 5.74) is 16.7. The van der Waals surface area contributed by atoms with Crippen molar-refractivity contribution in [1.29, 1.82) is 0 Å². The van der Waals surface area contributed by atoms with Gasteiger partial charge in [-0.1, -0.05) is 127 Å². The van der Waals surface area contributed by atoms with E-state index in [9.17, 15) is 0 Å². The van der Waals surface area contributed by atoms with Crippen molar-refractivity contribution in [3.63, 3.8) is 0 Å². The highest BCUT2D eigenvalue weighted by atomic mass is 15.2. The molecule has 7 rings (SSSR count). The van der Waals surface area contributed by atoms with Crippen LogP contribution in [-0.4, -0.2) is 6.04 Å². The fraction of sp³-hybridized carbons (Fsp3) is 0.292. The molecule has 0 radical (unpaired) electrons. The molecule has 2 aliphatic carbocycles. The number of nitrogens with zero attached hydrogens (tertiary/aromatic N) is 2. The minimum atomic E-state index is -0.245. The maximum atomic E-state index is 2.63. The number of benzene rings is 5. The van der Waals surface area contributed by atoms with Crippen LogP contribution in [0.15, 0.2) is 133 Å². The summed E-state index contributed by atoms with van der Waals surface area (Å²) in [7, 11) is 0. The lowest BCUT2D eigenvalue weighted by Crippen LogP contribution is -2.48. The van der Waals surface area contributed by atoms with Gasteiger partial charge in [0.15, 0.2) is 0 Å². The molecule has 0 N–H and O–H groups in total. The van der Waals surface area contributed by atoms with Gasteiger partial charge in [0.25, 0.3) is 0 Å². The number of hydrogen-bond acceptors (Lipinski definition) is 2. The highest BCUT2D eigenvalue weighted by Gasteiger charge is 2.39. The molecule has 2 aliphatic rings. The molecule has 0 heterocycles. The van der Waals surface area contributed by atoms with Gasteiger partial charge < -0.3 is 9.80 Å². The first kappa shape index (κ1) is 33.7. The van der Waals surface area contributed by atoms with Crippen LogP contribution in [0.2, 0.25) is 0 Å². The molecule has 2 atom stereocenters. The molecule has 0 saturated carbocycles. The zero-order valence-electron chi connectivity index (χ0n) is 31.4. The van der Waals surface area contributed by atoms with Gasteiger partial charge in [-0.05, 0) is 125 Å². The summed E-state index contributed by atoms with van der Waals surface area (Å²) < 4.78 is 0. The Morgan fingerprint density at radius 1 is 0.640 bits per heavy atom. The van der Waals surface area contributed by atoms with Gasteiger partial charge in [0.1, 0.15) is 0 Å². The molecule has 50 heavy (non-hydrogen) atoms. The molecule has 0 aliphatic heterocycles. The van der Waals surface area contributed by atoms with Gasteiger partial charge in [-0.2, -0.15) is 0 Å². The smallest absolute Gasteiger partial charge is 0.0604 e. The third kappa shape index (κ3) is 6.00. The Labute approximate surface area is 300 Å². The molecule has 2 heteroatoms. The van der Waals surface area contributed by atoms with E-state index in [0.717, 1.165) is 6.42 Å². The van der Waals surface area contributed by atoms with Crippen LogP contribution in [0.1, 0.15) is 92.9 Å². The first-order chi connectivity index (χ1) is 23.8. The van der Waals surface area contributed by atoms with Crippen molar-refractivity contribution in [3.8, 4) is 11.1 Å². The number of fused-ring (bicyclic) bond motifs is 3. The molecule has 2 nitrogen and oxygen atoms in total. The van der Waals surface area contributed by atoms with Gasteiger partial charge in [-0.3, -0.25) is 0 Å². The second-order valence-electron chi connectivity index (χ2n) is 15.8. The average Bonchev–Trinajstić information content (AvgIpc) is 3.33. The van der Waals surface area contributed by atoms with Crippen LogP contribution < -0.4 is 9.80 Å². The van der Waals surface area contributed by atoms with Crippen molar-refractivity contribution in [2.24, 2.45) is 0 Å². The van der Waals surface area contributed by atoms with Crippen LogP contribution in [0.4, 0.5) is 17.1 Å². The zero-order chi connectivity index (χ0) is 35.4. The maximum absolute atomic E-state index is 2.63. The second kappa shape index (κ2) is 12.8. The van der Waals surface area contributed by atoms with Crippen LogP contribution in [0, 0.1) is 20.8 Å². The van der Waals surface area contributed by atoms with Gasteiger partial charge >= 0.3 is 0 Å². The van der Waals surface area contributed by atoms with E-state index < -0.39 is 0 Å². The van der Waals surface area contributed by atoms with E-state index in [1.807, 2.05) is 0 Å². The van der Waals surface area contributed by atoms with E-state index in [1.165, 1.54) is 72.7 Å². The third-order valence-electron chi connectivity index (χ3n) is 11.4. The molecular weight excluding hydrogens is 605 g/mol. The van der Waals surface area contributed by atoms with E-state index in [4.69, 9.17) is 0 Å². The van der Waals surface area contributed by atoms with E-state index in [2.05, 4.69) is 200 Å². The SMILES string of the molecule is CC1=CCC(N(c2ccc(C)cc2)C(C)(C)c2ccc3c(c2)C(C)(C)c2cc(C(C)N(c4ccc(C)cc4)c4ccc(C)cc4)ccc2-3)C=C1. The molecule has 5 aromatic carbocycles. The number of anilines is 3. The Morgan fingerprint density at radius 3 is 1.66 bits per heavy atom. The van der Waals surface area contributed by atoms with Gasteiger partial charge in [0, 0.05) is 22.5 Å². The molecular formula is C48H52N2. The predicted octanol–water partition coefficient (Wildman–Crippen LogP) is 12.8. The van der Waals surface area contributed by atoms with Crippen molar-refractivity contribution in [1.82, 2.24) is 0 Å². The molecule has 5 aromatic rings. The van der Waals surface area contributed by atoms with Crippen LogP contribution in [-0.2, 0) is 11.0 Å². The molecule has 2 unspecified atom stereocenters. The minimum absolute atomic E-state index is 0.135. The molecule has 254 valence electrons. The highest BCUT2D eigenvalue weighted by Crippen LogP contribution is 2.51. The standard InChI is InChI=1S/C48H52N2/c1-32-10-20-39(21-11-32)49(40-22-12-33(2)13-23-40)36(5)37-18-28-43-44-29-19-38(31-46(44)47(6,7)45(43)30-37)48(8,9)50(41-24-14-34(3)15-25-41)42-26-16-35(4)17-27-42/h10-26,28-31,36,42H,27H2,1-9H3. The van der Waals surface area contributed by atoms with Crippen LogP contribution in [0.5, 0.6) is 0 Å². The fourth-order valence-corrected chi connectivity index (χ4v) is 8.23. The molecule has 0 spiro atoms. The summed E-state index contributed by atoms with van der Waals surface area (Å²) in [6.07, 6.45) is 8.06. The lowest BCUT2D eigenvalue weighted by atomic mass is 9.79. The summed E-state index contributed by atoms with van der Waals surface area (Å²) >= 11 is 0. The average molecular weight is 657 g/mol. The van der Waals surface area contributed by atoms with Crippen molar-refractivity contribution < 1.29 is 0 Å². The lowest BCUT2D eigenvalue weighted by Gasteiger charge is -2.46. The maximum Gasteiger partial charge on any atom is 0.0604 e. The Bertz CT molecular complexity index is 2030. The van der Waals surface area contributed by atoms with Crippen LogP contribution in [0.25, 0.3) is 11.1 Å². The summed E-state index contributed by atoms with van der Waals surface area (Å²) in [4.78, 5) is 5.11. The first-order valence-corrected chi connectivity index (χ1v) is 18.3. The summed E-state index contributed by atoms with van der Waals surface area (Å²) in [5, 5.41) is 0. The van der Waals surface area contributed by atoms with E-state index in [0.29, 0.717) is 0 Å². The number of rotatable bonds is 8. The van der Waals surface area contributed by atoms with E-state index >= 15 is 0 Å².